The quantitative estimate of drug-likeness (QED) is 0.221. The number of carboxylic acid groups (broad SMARTS) is 1. The molecule has 5 rings (SSSR count). The summed E-state index contributed by atoms with van der Waals surface area (Å²) in [4.78, 5) is 15.4. The molecule has 0 atom stereocenters. The number of hydrogen-bond acceptors (Lipinski definition) is 3. The van der Waals surface area contributed by atoms with Gasteiger partial charge in [0.1, 0.15) is 5.82 Å². The van der Waals surface area contributed by atoms with E-state index in [1.807, 2.05) is 29.8 Å². The highest BCUT2D eigenvalue weighted by Gasteiger charge is 2.29. The Morgan fingerprint density at radius 1 is 1.06 bits per heavy atom. The molecular weight excluding hydrogens is 469 g/mol. The Balaban J connectivity index is 1.76. The van der Waals surface area contributed by atoms with Crippen molar-refractivity contribution >= 4 is 56.3 Å². The van der Waals surface area contributed by atoms with Crippen molar-refractivity contribution in [1.82, 2.24) is 4.98 Å². The molecule has 1 aromatic heterocycles. The molecule has 170 valence electrons. The normalized spacial score (nSPS) is 14.9. The minimum atomic E-state index is -0.991. The third kappa shape index (κ3) is 4.54. The van der Waals surface area contributed by atoms with Gasteiger partial charge in [0.05, 0.1) is 15.7 Å². The first-order chi connectivity index (χ1) is 16.5. The summed E-state index contributed by atoms with van der Waals surface area (Å²) in [5, 5.41) is 9.46. The summed E-state index contributed by atoms with van der Waals surface area (Å²) >= 11 is 8.22. The van der Waals surface area contributed by atoms with E-state index in [0.29, 0.717) is 5.02 Å². The smallest absolute Gasteiger partial charge is 0.328 e. The van der Waals surface area contributed by atoms with Gasteiger partial charge in [0.25, 0.3) is 0 Å². The Labute approximate surface area is 205 Å². The van der Waals surface area contributed by atoms with E-state index in [-0.39, 0.29) is 11.7 Å². The van der Waals surface area contributed by atoms with E-state index in [9.17, 15) is 9.18 Å². The summed E-state index contributed by atoms with van der Waals surface area (Å²) in [7, 11) is 0. The van der Waals surface area contributed by atoms with E-state index in [4.69, 9.17) is 16.7 Å². The molecule has 34 heavy (non-hydrogen) atoms. The topological polar surface area (TPSA) is 50.2 Å². The molecule has 0 bridgehead atoms. The van der Waals surface area contributed by atoms with E-state index >= 15 is 0 Å². The maximum absolute atomic E-state index is 14.4. The molecule has 1 aliphatic rings. The second-order valence-corrected chi connectivity index (χ2v) is 9.66. The van der Waals surface area contributed by atoms with Gasteiger partial charge in [-0.15, -0.1) is 11.3 Å². The van der Waals surface area contributed by atoms with Gasteiger partial charge in [0.2, 0.25) is 0 Å². The highest BCUT2D eigenvalue weighted by Crippen LogP contribution is 2.47. The van der Waals surface area contributed by atoms with Gasteiger partial charge in [0.15, 0.2) is 0 Å². The van der Waals surface area contributed by atoms with E-state index < -0.39 is 5.97 Å². The van der Waals surface area contributed by atoms with Gasteiger partial charge >= 0.3 is 5.97 Å². The van der Waals surface area contributed by atoms with Crippen LogP contribution >= 0.6 is 22.9 Å². The van der Waals surface area contributed by atoms with Crippen molar-refractivity contribution in [1.29, 1.82) is 0 Å². The maximum atomic E-state index is 14.4. The highest BCUT2D eigenvalue weighted by atomic mass is 35.5. The Kier molecular flexibility index (Phi) is 6.31. The van der Waals surface area contributed by atoms with Crippen LogP contribution in [0.4, 0.5) is 4.39 Å². The van der Waals surface area contributed by atoms with Crippen molar-refractivity contribution < 1.29 is 14.3 Å². The summed E-state index contributed by atoms with van der Waals surface area (Å²) in [6.45, 7) is 0. The van der Waals surface area contributed by atoms with Gasteiger partial charge < -0.3 is 5.11 Å². The molecule has 3 aromatic carbocycles. The van der Waals surface area contributed by atoms with Gasteiger partial charge in [-0.3, -0.25) is 0 Å². The Bertz CT molecular complexity index is 1430. The van der Waals surface area contributed by atoms with Crippen LogP contribution in [0.15, 0.2) is 72.3 Å². The number of fused-ring (bicyclic) bond motifs is 1. The van der Waals surface area contributed by atoms with E-state index in [2.05, 4.69) is 23.2 Å². The molecule has 1 heterocycles. The van der Waals surface area contributed by atoms with Crippen LogP contribution in [0.3, 0.4) is 0 Å². The van der Waals surface area contributed by atoms with Gasteiger partial charge in [-0.25, -0.2) is 14.2 Å². The zero-order valence-corrected chi connectivity index (χ0v) is 19.7. The lowest BCUT2D eigenvalue weighted by atomic mass is 9.73. The van der Waals surface area contributed by atoms with E-state index in [0.717, 1.165) is 69.0 Å². The van der Waals surface area contributed by atoms with Crippen LogP contribution in [0.5, 0.6) is 0 Å². The second-order valence-electron chi connectivity index (χ2n) is 8.37. The fourth-order valence-corrected chi connectivity index (χ4v) is 5.26. The number of aliphatic carboxylic acids is 1. The zero-order valence-electron chi connectivity index (χ0n) is 18.2. The Morgan fingerprint density at radius 2 is 1.82 bits per heavy atom. The predicted molar refractivity (Wildman–Crippen MR) is 137 cm³/mol. The summed E-state index contributed by atoms with van der Waals surface area (Å²) in [5.74, 6) is -1.04. The third-order valence-electron chi connectivity index (χ3n) is 6.24. The van der Waals surface area contributed by atoms with Gasteiger partial charge in [-0.1, -0.05) is 48.4 Å². The lowest BCUT2D eigenvalue weighted by Crippen LogP contribution is -2.15. The molecule has 1 aliphatic carbocycles. The number of aromatic nitrogens is 1. The largest absolute Gasteiger partial charge is 0.478 e. The van der Waals surface area contributed by atoms with Crippen LogP contribution < -0.4 is 0 Å². The summed E-state index contributed by atoms with van der Waals surface area (Å²) in [6, 6.07) is 18.5. The number of allylic oxidation sites excluding steroid dienone is 1. The first-order valence-electron chi connectivity index (χ1n) is 11.0. The van der Waals surface area contributed by atoms with Crippen LogP contribution in [0.2, 0.25) is 5.02 Å². The first kappa shape index (κ1) is 22.5. The number of carbonyl (C=O) groups is 1. The molecule has 0 aliphatic heterocycles. The number of hydrogen-bond donors (Lipinski definition) is 1. The summed E-state index contributed by atoms with van der Waals surface area (Å²) in [6.07, 6.45) is 5.84. The molecule has 0 spiro atoms. The molecule has 1 fully saturated rings. The molecule has 3 nitrogen and oxygen atoms in total. The lowest BCUT2D eigenvalue weighted by molar-refractivity contribution is -0.131. The SMILES string of the molecule is O=C(O)C=Cc1ccc(C(=C(c2cc(F)ccc2Cl)C2CCC2)c2ccc3scnc3c2)cc1. The van der Waals surface area contributed by atoms with E-state index in [1.54, 1.807) is 23.5 Å². The van der Waals surface area contributed by atoms with Gasteiger partial charge in [0, 0.05) is 16.7 Å². The van der Waals surface area contributed by atoms with E-state index in [1.165, 1.54) is 12.1 Å². The van der Waals surface area contributed by atoms with Gasteiger partial charge in [-0.05, 0) is 83.0 Å². The van der Waals surface area contributed by atoms with Crippen LogP contribution in [-0.2, 0) is 4.79 Å². The van der Waals surface area contributed by atoms with Crippen molar-refractivity contribution in [2.75, 3.05) is 0 Å². The molecule has 6 heteroatoms. The number of thiazole rings is 1. The van der Waals surface area contributed by atoms with Crippen LogP contribution in [0.1, 0.15) is 41.5 Å². The molecule has 0 amide bonds. The summed E-state index contributed by atoms with van der Waals surface area (Å²) < 4.78 is 15.5. The average molecular weight is 490 g/mol. The minimum absolute atomic E-state index is 0.270. The van der Waals surface area contributed by atoms with Crippen molar-refractivity contribution in [2.45, 2.75) is 19.3 Å². The van der Waals surface area contributed by atoms with Crippen molar-refractivity contribution in [3.05, 3.63) is 105 Å². The number of nitrogens with zero attached hydrogens (tertiary/aromatic N) is 1. The zero-order chi connectivity index (χ0) is 23.7. The Hall–Kier alpha value is -3.28. The predicted octanol–water partition coefficient (Wildman–Crippen LogP) is 7.95. The fraction of sp³-hybridized carbons (Fsp3) is 0.143. The lowest BCUT2D eigenvalue weighted by Gasteiger charge is -2.32. The standard InChI is InChI=1S/C28H21ClFNO2S/c29-23-11-10-21(30)15-22(23)28(18-2-1-3-18)27(20-9-12-25-24(14-20)31-16-34-25)19-7-4-17(5-8-19)6-13-26(32)33/h4-16,18H,1-3H2,(H,32,33). The maximum Gasteiger partial charge on any atom is 0.328 e. The van der Waals surface area contributed by atoms with Gasteiger partial charge in [-0.2, -0.15) is 0 Å². The monoisotopic (exact) mass is 489 g/mol. The van der Waals surface area contributed by atoms with Crippen molar-refractivity contribution in [3.8, 4) is 0 Å². The number of halogens is 2. The minimum Gasteiger partial charge on any atom is -0.478 e. The third-order valence-corrected chi connectivity index (χ3v) is 7.38. The molecular formula is C28H21ClFNO2S. The molecule has 0 radical (unpaired) electrons. The average Bonchev–Trinajstić information content (AvgIpc) is 3.26. The Morgan fingerprint density at radius 3 is 2.53 bits per heavy atom. The molecule has 0 unspecified atom stereocenters. The number of rotatable bonds is 6. The molecule has 1 N–H and O–H groups in total. The van der Waals surface area contributed by atoms with Crippen molar-refractivity contribution in [3.63, 3.8) is 0 Å². The van der Waals surface area contributed by atoms with Crippen molar-refractivity contribution in [2.24, 2.45) is 5.92 Å². The second kappa shape index (κ2) is 9.53. The fourth-order valence-electron chi connectivity index (χ4n) is 4.38. The summed E-state index contributed by atoms with van der Waals surface area (Å²) in [5.41, 5.74) is 8.25. The number of benzene rings is 3. The molecule has 0 saturated heterocycles. The number of carboxylic acids is 1. The highest BCUT2D eigenvalue weighted by molar-refractivity contribution is 7.16. The van der Waals surface area contributed by atoms with Crippen LogP contribution in [0.25, 0.3) is 27.4 Å². The molecule has 4 aromatic rings. The molecule has 1 saturated carbocycles. The van der Waals surface area contributed by atoms with Crippen LogP contribution in [0, 0.1) is 11.7 Å². The first-order valence-corrected chi connectivity index (χ1v) is 12.3. The van der Waals surface area contributed by atoms with Crippen LogP contribution in [-0.4, -0.2) is 16.1 Å².